The minimum atomic E-state index is -1.12. The van der Waals surface area contributed by atoms with Crippen LogP contribution in [0.3, 0.4) is 0 Å². The van der Waals surface area contributed by atoms with Gasteiger partial charge >= 0.3 is 12.1 Å². The molecule has 0 aliphatic rings. The minimum absolute atomic E-state index is 0.0808. The van der Waals surface area contributed by atoms with E-state index in [4.69, 9.17) is 9.84 Å². The summed E-state index contributed by atoms with van der Waals surface area (Å²) in [4.78, 5) is 29.2. The lowest BCUT2D eigenvalue weighted by Gasteiger charge is -2.36. The number of aliphatic hydroxyl groups is 1. The molecule has 0 saturated carbocycles. The number of ether oxygens (including phenoxy) is 1. The number of carbonyl (C=O) groups is 2. The van der Waals surface area contributed by atoms with Crippen molar-refractivity contribution in [2.45, 2.75) is 72.1 Å². The second kappa shape index (κ2) is 9.32. The van der Waals surface area contributed by atoms with Gasteiger partial charge in [0, 0.05) is 24.4 Å². The summed E-state index contributed by atoms with van der Waals surface area (Å²) in [5.41, 5.74) is -0.683. The zero-order chi connectivity index (χ0) is 20.1. The van der Waals surface area contributed by atoms with Crippen LogP contribution in [0.1, 0.15) is 76.0 Å². The van der Waals surface area contributed by atoms with E-state index < -0.39 is 23.8 Å². The van der Waals surface area contributed by atoms with E-state index in [1.165, 1.54) is 5.38 Å². The van der Waals surface area contributed by atoms with Crippen LogP contribution in [-0.4, -0.2) is 50.3 Å². The number of nitrogens with zero attached hydrogens (tertiary/aromatic N) is 2. The Kier molecular flexibility index (Phi) is 8.02. The van der Waals surface area contributed by atoms with Crippen molar-refractivity contribution < 1.29 is 24.5 Å². The molecule has 1 heterocycles. The van der Waals surface area contributed by atoms with E-state index in [0.29, 0.717) is 11.6 Å². The Morgan fingerprint density at radius 1 is 1.35 bits per heavy atom. The van der Waals surface area contributed by atoms with Gasteiger partial charge in [-0.15, -0.1) is 11.3 Å². The highest BCUT2D eigenvalue weighted by Gasteiger charge is 2.32. The molecule has 8 heteroatoms. The van der Waals surface area contributed by atoms with Gasteiger partial charge in [0.25, 0.3) is 0 Å². The number of hydrogen-bond donors (Lipinski definition) is 2. The third-order valence-corrected chi connectivity index (χ3v) is 4.70. The smallest absolute Gasteiger partial charge is 0.410 e. The first-order chi connectivity index (χ1) is 12.0. The maximum absolute atomic E-state index is 12.6. The summed E-state index contributed by atoms with van der Waals surface area (Å²) in [6, 6.07) is -0.253. The van der Waals surface area contributed by atoms with Crippen LogP contribution in [0.25, 0.3) is 0 Å². The summed E-state index contributed by atoms with van der Waals surface area (Å²) < 4.78 is 5.52. The van der Waals surface area contributed by atoms with Gasteiger partial charge in [-0.1, -0.05) is 20.8 Å². The molecule has 1 rings (SSSR count). The normalized spacial score (nSPS) is 14.2. The Bertz CT molecular complexity index is 609. The molecule has 0 fully saturated rings. The van der Waals surface area contributed by atoms with E-state index in [9.17, 15) is 14.7 Å². The van der Waals surface area contributed by atoms with Crippen molar-refractivity contribution in [1.82, 2.24) is 9.88 Å². The van der Waals surface area contributed by atoms with Gasteiger partial charge in [-0.2, -0.15) is 0 Å². The lowest BCUT2D eigenvalue weighted by molar-refractivity contribution is 0.00305. The van der Waals surface area contributed by atoms with E-state index in [1.807, 2.05) is 41.5 Å². The topological polar surface area (TPSA) is 100.0 Å². The average molecular weight is 387 g/mol. The number of aromatic nitrogens is 1. The minimum Gasteiger partial charge on any atom is -0.476 e. The second-order valence-corrected chi connectivity index (χ2v) is 8.50. The number of hydrogen-bond acceptors (Lipinski definition) is 6. The van der Waals surface area contributed by atoms with Crippen LogP contribution in [-0.2, 0) is 4.74 Å². The van der Waals surface area contributed by atoms with Crippen LogP contribution >= 0.6 is 11.3 Å². The predicted molar refractivity (Wildman–Crippen MR) is 101 cm³/mol. The summed E-state index contributed by atoms with van der Waals surface area (Å²) >= 11 is 1.11. The van der Waals surface area contributed by atoms with Crippen molar-refractivity contribution in [3.8, 4) is 0 Å². The monoisotopic (exact) mass is 386 g/mol. The fourth-order valence-corrected chi connectivity index (χ4v) is 3.37. The Labute approximate surface area is 159 Å². The zero-order valence-corrected chi connectivity index (χ0v) is 17.2. The highest BCUT2D eigenvalue weighted by Crippen LogP contribution is 2.28. The molecule has 0 spiro atoms. The second-order valence-electron chi connectivity index (χ2n) is 7.61. The number of carboxylic acid groups (broad SMARTS) is 1. The average Bonchev–Trinajstić information content (AvgIpc) is 2.98. The van der Waals surface area contributed by atoms with Crippen molar-refractivity contribution in [2.75, 3.05) is 6.54 Å². The van der Waals surface area contributed by atoms with Gasteiger partial charge in [0.1, 0.15) is 16.7 Å². The van der Waals surface area contributed by atoms with Crippen molar-refractivity contribution in [1.29, 1.82) is 0 Å². The zero-order valence-electron chi connectivity index (χ0n) is 16.4. The quantitative estimate of drug-likeness (QED) is 0.702. The standard InChI is InChI=1S/C18H30N2O5S/c1-7-8-20(17(24)25-18(4,5)6)13(11(2)3)9-14(21)15-19-12(10-26-15)16(22)23/h10-11,13-14,21H,7-9H2,1-6H3,(H,22,23)/t13-,14+/m0/s1. The molecule has 0 aliphatic carbocycles. The molecular formula is C18H30N2O5S. The molecule has 2 atom stereocenters. The Hall–Kier alpha value is -1.67. The van der Waals surface area contributed by atoms with E-state index >= 15 is 0 Å². The van der Waals surface area contributed by atoms with E-state index in [1.54, 1.807) is 4.90 Å². The molecule has 0 aliphatic heterocycles. The number of carbonyl (C=O) groups excluding carboxylic acids is 1. The molecule has 0 saturated heterocycles. The lowest BCUT2D eigenvalue weighted by Crippen LogP contribution is -2.46. The maximum atomic E-state index is 12.6. The first kappa shape index (κ1) is 22.4. The van der Waals surface area contributed by atoms with E-state index in [0.717, 1.165) is 17.8 Å². The number of aromatic carboxylic acids is 1. The highest BCUT2D eigenvalue weighted by atomic mass is 32.1. The van der Waals surface area contributed by atoms with Crippen LogP contribution in [0.15, 0.2) is 5.38 Å². The number of thiazole rings is 1. The number of aliphatic hydroxyl groups excluding tert-OH is 1. The third-order valence-electron chi connectivity index (χ3n) is 3.75. The third kappa shape index (κ3) is 6.57. The van der Waals surface area contributed by atoms with Gasteiger partial charge in [0.2, 0.25) is 0 Å². The van der Waals surface area contributed by atoms with Crippen molar-refractivity contribution in [3.63, 3.8) is 0 Å². The Balaban J connectivity index is 2.98. The molecule has 26 heavy (non-hydrogen) atoms. The van der Waals surface area contributed by atoms with Gasteiger partial charge < -0.3 is 19.8 Å². The van der Waals surface area contributed by atoms with Crippen molar-refractivity contribution >= 4 is 23.4 Å². The summed E-state index contributed by atoms with van der Waals surface area (Å²) in [6.45, 7) is 11.9. The number of amides is 1. The largest absolute Gasteiger partial charge is 0.476 e. The first-order valence-corrected chi connectivity index (χ1v) is 9.70. The molecular weight excluding hydrogens is 356 g/mol. The van der Waals surface area contributed by atoms with Crippen LogP contribution in [0, 0.1) is 5.92 Å². The number of rotatable bonds is 8. The summed E-state index contributed by atoms with van der Waals surface area (Å²) in [5, 5.41) is 21.3. The molecule has 0 unspecified atom stereocenters. The van der Waals surface area contributed by atoms with Crippen LogP contribution in [0.2, 0.25) is 0 Å². The van der Waals surface area contributed by atoms with Crippen molar-refractivity contribution in [3.05, 3.63) is 16.1 Å². The van der Waals surface area contributed by atoms with E-state index in [-0.39, 0.29) is 24.1 Å². The van der Waals surface area contributed by atoms with Crippen LogP contribution in [0.5, 0.6) is 0 Å². The van der Waals surface area contributed by atoms with Gasteiger partial charge in [-0.25, -0.2) is 14.6 Å². The van der Waals surface area contributed by atoms with Crippen molar-refractivity contribution in [2.24, 2.45) is 5.92 Å². The van der Waals surface area contributed by atoms with Gasteiger partial charge in [-0.3, -0.25) is 0 Å². The van der Waals surface area contributed by atoms with Crippen LogP contribution in [0.4, 0.5) is 4.79 Å². The molecule has 2 N–H and O–H groups in total. The molecule has 1 amide bonds. The van der Waals surface area contributed by atoms with E-state index in [2.05, 4.69) is 4.98 Å². The molecule has 0 aromatic carbocycles. The molecule has 0 bridgehead atoms. The molecule has 1 aromatic rings. The Morgan fingerprint density at radius 2 is 1.96 bits per heavy atom. The Morgan fingerprint density at radius 3 is 2.38 bits per heavy atom. The maximum Gasteiger partial charge on any atom is 0.410 e. The number of carboxylic acids is 1. The highest BCUT2D eigenvalue weighted by molar-refractivity contribution is 7.09. The summed E-state index contributed by atoms with van der Waals surface area (Å²) in [6.07, 6.45) is -0.319. The SMILES string of the molecule is CCCN(C(=O)OC(C)(C)C)[C@@H](C[C@@H](O)c1nc(C(=O)O)cs1)C(C)C. The van der Waals surface area contributed by atoms with Crippen LogP contribution < -0.4 is 0 Å². The lowest BCUT2D eigenvalue weighted by atomic mass is 9.96. The molecule has 7 nitrogen and oxygen atoms in total. The first-order valence-electron chi connectivity index (χ1n) is 8.82. The summed E-state index contributed by atoms with van der Waals surface area (Å²) in [5.74, 6) is -1.04. The summed E-state index contributed by atoms with van der Waals surface area (Å²) in [7, 11) is 0. The fourth-order valence-electron chi connectivity index (χ4n) is 2.58. The molecule has 148 valence electrons. The fraction of sp³-hybridized carbons (Fsp3) is 0.722. The molecule has 0 radical (unpaired) electrons. The van der Waals surface area contributed by atoms with Gasteiger partial charge in [-0.05, 0) is 33.1 Å². The molecule has 1 aromatic heterocycles. The van der Waals surface area contributed by atoms with Gasteiger partial charge in [0.05, 0.1) is 0 Å². The predicted octanol–water partition coefficient (Wildman–Crippen LogP) is 3.94. The van der Waals surface area contributed by atoms with Gasteiger partial charge in [0.15, 0.2) is 5.69 Å².